The van der Waals surface area contributed by atoms with Gasteiger partial charge in [-0.2, -0.15) is 0 Å². The number of anilines is 1. The molecular formula is C16H25N5. The number of nitrogens with one attached hydrogen (secondary N) is 1. The first-order valence-electron chi connectivity index (χ1n) is 8.31. The molecule has 5 nitrogen and oxygen atoms in total. The Morgan fingerprint density at radius 1 is 1.10 bits per heavy atom. The molecule has 3 fully saturated rings. The van der Waals surface area contributed by atoms with E-state index in [0.29, 0.717) is 6.04 Å². The first kappa shape index (κ1) is 13.5. The average Bonchev–Trinajstić information content (AvgIpc) is 3.26. The van der Waals surface area contributed by atoms with Crippen molar-refractivity contribution >= 4 is 5.95 Å². The standard InChI is InChI=1S/C16H25N5/c1-20-14-4-5-15(20)11-21(7-6-14)16-18-9-12(10-19-16)8-17-13-2-3-13/h9-10,13-15,17H,2-8,11H2,1H3. The lowest BCUT2D eigenvalue weighted by Crippen LogP contribution is -2.37. The van der Waals surface area contributed by atoms with E-state index >= 15 is 0 Å². The first-order valence-corrected chi connectivity index (χ1v) is 8.31. The summed E-state index contributed by atoms with van der Waals surface area (Å²) in [5.41, 5.74) is 1.19. The molecule has 1 saturated carbocycles. The number of fused-ring (bicyclic) bond motifs is 2. The molecule has 1 N–H and O–H groups in total. The molecular weight excluding hydrogens is 262 g/mol. The number of nitrogens with zero attached hydrogens (tertiary/aromatic N) is 4. The molecule has 0 aromatic carbocycles. The highest BCUT2D eigenvalue weighted by Crippen LogP contribution is 2.29. The summed E-state index contributed by atoms with van der Waals surface area (Å²) in [4.78, 5) is 14.2. The second kappa shape index (κ2) is 5.54. The fraction of sp³-hybridized carbons (Fsp3) is 0.750. The maximum Gasteiger partial charge on any atom is 0.225 e. The third-order valence-corrected chi connectivity index (χ3v) is 5.30. The van der Waals surface area contributed by atoms with Gasteiger partial charge in [-0.25, -0.2) is 9.97 Å². The minimum Gasteiger partial charge on any atom is -0.339 e. The highest BCUT2D eigenvalue weighted by atomic mass is 15.3. The van der Waals surface area contributed by atoms with Crippen LogP contribution >= 0.6 is 0 Å². The van der Waals surface area contributed by atoms with Crippen LogP contribution in [-0.2, 0) is 6.54 Å². The van der Waals surface area contributed by atoms with Gasteiger partial charge in [-0.05, 0) is 39.2 Å². The highest BCUT2D eigenvalue weighted by molar-refractivity contribution is 5.31. The molecule has 5 heteroatoms. The number of rotatable bonds is 4. The van der Waals surface area contributed by atoms with Crippen molar-refractivity contribution in [1.82, 2.24) is 20.2 Å². The van der Waals surface area contributed by atoms with Crippen LogP contribution in [0.2, 0.25) is 0 Å². The monoisotopic (exact) mass is 287 g/mol. The molecule has 2 bridgehead atoms. The summed E-state index contributed by atoms with van der Waals surface area (Å²) in [5.74, 6) is 0.908. The Balaban J connectivity index is 1.40. The molecule has 1 aliphatic carbocycles. The van der Waals surface area contributed by atoms with Crippen LogP contribution in [-0.4, -0.2) is 53.1 Å². The van der Waals surface area contributed by atoms with Gasteiger partial charge < -0.3 is 10.2 Å². The first-order chi connectivity index (χ1) is 10.3. The van der Waals surface area contributed by atoms with E-state index in [1.807, 2.05) is 12.4 Å². The summed E-state index contributed by atoms with van der Waals surface area (Å²) in [6.45, 7) is 3.07. The molecule has 4 rings (SSSR count). The van der Waals surface area contributed by atoms with E-state index < -0.39 is 0 Å². The Labute approximate surface area is 126 Å². The van der Waals surface area contributed by atoms with E-state index in [1.165, 1.54) is 37.7 Å². The second-order valence-electron chi connectivity index (χ2n) is 6.83. The van der Waals surface area contributed by atoms with Crippen LogP contribution < -0.4 is 10.2 Å². The second-order valence-corrected chi connectivity index (χ2v) is 6.83. The van der Waals surface area contributed by atoms with Crippen molar-refractivity contribution in [2.24, 2.45) is 0 Å². The zero-order valence-corrected chi connectivity index (χ0v) is 12.8. The predicted molar refractivity (Wildman–Crippen MR) is 83.3 cm³/mol. The Morgan fingerprint density at radius 3 is 2.62 bits per heavy atom. The summed E-state index contributed by atoms with van der Waals surface area (Å²) in [6, 6.07) is 2.18. The maximum absolute atomic E-state index is 4.61. The minimum absolute atomic E-state index is 0.678. The lowest BCUT2D eigenvalue weighted by atomic mass is 10.1. The van der Waals surface area contributed by atoms with E-state index in [-0.39, 0.29) is 0 Å². The fourth-order valence-electron chi connectivity index (χ4n) is 3.64. The molecule has 21 heavy (non-hydrogen) atoms. The van der Waals surface area contributed by atoms with Crippen molar-refractivity contribution in [3.8, 4) is 0 Å². The topological polar surface area (TPSA) is 44.3 Å². The molecule has 2 saturated heterocycles. The van der Waals surface area contributed by atoms with Crippen molar-refractivity contribution in [3.05, 3.63) is 18.0 Å². The Kier molecular flexibility index (Phi) is 3.55. The van der Waals surface area contributed by atoms with Gasteiger partial charge in [-0.1, -0.05) is 0 Å². The van der Waals surface area contributed by atoms with Crippen LogP contribution in [0.1, 0.15) is 37.7 Å². The zero-order valence-electron chi connectivity index (χ0n) is 12.8. The van der Waals surface area contributed by atoms with Gasteiger partial charge in [0.15, 0.2) is 0 Å². The molecule has 0 spiro atoms. The SMILES string of the molecule is CN1C2CCC1CN(c1ncc(CNC3CC3)cn1)CC2. The van der Waals surface area contributed by atoms with Gasteiger partial charge in [0.25, 0.3) is 0 Å². The zero-order chi connectivity index (χ0) is 14.2. The third-order valence-electron chi connectivity index (χ3n) is 5.30. The van der Waals surface area contributed by atoms with Gasteiger partial charge in [-0.15, -0.1) is 0 Å². The molecule has 0 amide bonds. The smallest absolute Gasteiger partial charge is 0.225 e. The maximum atomic E-state index is 4.61. The molecule has 114 valence electrons. The van der Waals surface area contributed by atoms with Gasteiger partial charge in [-0.3, -0.25) is 4.90 Å². The van der Waals surface area contributed by atoms with Crippen molar-refractivity contribution < 1.29 is 0 Å². The Hall–Kier alpha value is -1.20. The van der Waals surface area contributed by atoms with Crippen LogP contribution in [0.25, 0.3) is 0 Å². The number of likely N-dealkylation sites (N-methyl/N-ethyl adjacent to an activating group) is 1. The van der Waals surface area contributed by atoms with E-state index in [9.17, 15) is 0 Å². The van der Waals surface area contributed by atoms with Crippen molar-refractivity contribution in [3.63, 3.8) is 0 Å². The van der Waals surface area contributed by atoms with Gasteiger partial charge >= 0.3 is 0 Å². The molecule has 2 atom stereocenters. The average molecular weight is 287 g/mol. The molecule has 1 aromatic rings. The number of hydrogen-bond acceptors (Lipinski definition) is 5. The van der Waals surface area contributed by atoms with Gasteiger partial charge in [0, 0.05) is 55.7 Å². The van der Waals surface area contributed by atoms with E-state index in [4.69, 9.17) is 0 Å². The quantitative estimate of drug-likeness (QED) is 0.907. The molecule has 3 aliphatic rings. The fourth-order valence-corrected chi connectivity index (χ4v) is 3.64. The molecule has 0 radical (unpaired) electrons. The molecule has 2 aliphatic heterocycles. The molecule has 2 unspecified atom stereocenters. The molecule has 3 heterocycles. The summed E-state index contributed by atoms with van der Waals surface area (Å²) in [7, 11) is 2.28. The summed E-state index contributed by atoms with van der Waals surface area (Å²) in [6.07, 6.45) is 10.5. The van der Waals surface area contributed by atoms with E-state index in [1.54, 1.807) is 0 Å². The van der Waals surface area contributed by atoms with E-state index in [0.717, 1.165) is 37.7 Å². The normalized spacial score (nSPS) is 29.7. The van der Waals surface area contributed by atoms with Crippen molar-refractivity contribution in [2.45, 2.75) is 56.8 Å². The third kappa shape index (κ3) is 2.90. The lowest BCUT2D eigenvalue weighted by Gasteiger charge is -2.25. The number of hydrogen-bond donors (Lipinski definition) is 1. The summed E-state index contributed by atoms with van der Waals surface area (Å²) in [5, 5.41) is 3.51. The summed E-state index contributed by atoms with van der Waals surface area (Å²) >= 11 is 0. The van der Waals surface area contributed by atoms with Gasteiger partial charge in [0.05, 0.1) is 0 Å². The van der Waals surface area contributed by atoms with Crippen molar-refractivity contribution in [2.75, 3.05) is 25.0 Å². The Morgan fingerprint density at radius 2 is 1.86 bits per heavy atom. The number of aromatic nitrogens is 2. The minimum atomic E-state index is 0.678. The summed E-state index contributed by atoms with van der Waals surface area (Å²) < 4.78 is 0. The van der Waals surface area contributed by atoms with E-state index in [2.05, 4.69) is 32.1 Å². The van der Waals surface area contributed by atoms with Crippen LogP contribution in [0.4, 0.5) is 5.95 Å². The Bertz CT molecular complexity index is 484. The van der Waals surface area contributed by atoms with Crippen LogP contribution in [0.15, 0.2) is 12.4 Å². The van der Waals surface area contributed by atoms with Crippen LogP contribution in [0.3, 0.4) is 0 Å². The molecule has 1 aromatic heterocycles. The largest absolute Gasteiger partial charge is 0.339 e. The van der Waals surface area contributed by atoms with Crippen molar-refractivity contribution in [1.29, 1.82) is 0 Å². The van der Waals surface area contributed by atoms with Gasteiger partial charge in [0.1, 0.15) is 0 Å². The van der Waals surface area contributed by atoms with Crippen LogP contribution in [0.5, 0.6) is 0 Å². The highest BCUT2D eigenvalue weighted by Gasteiger charge is 2.35. The van der Waals surface area contributed by atoms with Gasteiger partial charge in [0.2, 0.25) is 5.95 Å². The lowest BCUT2D eigenvalue weighted by molar-refractivity contribution is 0.254. The predicted octanol–water partition coefficient (Wildman–Crippen LogP) is 1.40. The van der Waals surface area contributed by atoms with Crippen LogP contribution in [0, 0.1) is 0 Å².